The molecule has 2 aromatic heterocycles. The molecule has 1 aliphatic rings. The van der Waals surface area contributed by atoms with E-state index in [9.17, 15) is 4.79 Å². The molecule has 9 heteroatoms. The van der Waals surface area contributed by atoms with Gasteiger partial charge in [-0.25, -0.2) is 9.97 Å². The smallest absolute Gasteiger partial charge is 0.277 e. The molecule has 0 bridgehead atoms. The monoisotopic (exact) mass is 469 g/mol. The molecule has 0 radical (unpaired) electrons. The van der Waals surface area contributed by atoms with Crippen LogP contribution >= 0.6 is 11.3 Å². The van der Waals surface area contributed by atoms with Crippen molar-refractivity contribution in [2.75, 3.05) is 37.0 Å². The number of rotatable bonds is 8. The topological polar surface area (TPSA) is 81.5 Å². The Morgan fingerprint density at radius 2 is 2.09 bits per heavy atom. The fraction of sp³-hybridized carbons (Fsp3) is 0.458. The summed E-state index contributed by atoms with van der Waals surface area (Å²) in [4.78, 5) is 25.1. The van der Waals surface area contributed by atoms with Gasteiger partial charge in [-0.2, -0.15) is 0 Å². The summed E-state index contributed by atoms with van der Waals surface area (Å²) >= 11 is 1.61. The Balaban J connectivity index is 1.68. The lowest BCUT2D eigenvalue weighted by Crippen LogP contribution is -2.38. The van der Waals surface area contributed by atoms with E-state index in [-0.39, 0.29) is 17.7 Å². The third-order valence-electron chi connectivity index (χ3n) is 6.04. The van der Waals surface area contributed by atoms with Gasteiger partial charge in [0.25, 0.3) is 5.56 Å². The first-order chi connectivity index (χ1) is 16.0. The van der Waals surface area contributed by atoms with E-state index >= 15 is 0 Å². The largest absolute Gasteiger partial charge is 0.497 e. The van der Waals surface area contributed by atoms with Crippen LogP contribution in [0.4, 0.5) is 10.8 Å². The fourth-order valence-electron chi connectivity index (χ4n) is 4.31. The molecule has 1 aromatic carbocycles. The molecule has 3 aromatic rings. The Kier molecular flexibility index (Phi) is 6.99. The average Bonchev–Trinajstić information content (AvgIpc) is 3.48. The van der Waals surface area contributed by atoms with Gasteiger partial charge >= 0.3 is 0 Å². The number of hydrogen-bond acceptors (Lipinski definition) is 8. The van der Waals surface area contributed by atoms with Crippen molar-refractivity contribution in [3.63, 3.8) is 0 Å². The number of anilines is 2. The highest BCUT2D eigenvalue weighted by Gasteiger charge is 2.35. The summed E-state index contributed by atoms with van der Waals surface area (Å²) in [7, 11) is 3.42. The van der Waals surface area contributed by atoms with E-state index in [2.05, 4.69) is 15.2 Å². The SMILES string of the molecule is CCO[C@H]1CN(c2nccs2)CC1Nc1c(CC)nc(-c2ccc(OC)cc2C)n(C)c1=O. The van der Waals surface area contributed by atoms with Crippen LogP contribution in [0.25, 0.3) is 11.4 Å². The lowest BCUT2D eigenvalue weighted by atomic mass is 10.1. The van der Waals surface area contributed by atoms with Gasteiger partial charge in [-0.05, 0) is 44.0 Å². The molecule has 4 rings (SSSR count). The Labute approximate surface area is 198 Å². The molecule has 2 atom stereocenters. The summed E-state index contributed by atoms with van der Waals surface area (Å²) in [6.07, 6.45) is 2.41. The Bertz CT molecular complexity index is 1160. The average molecular weight is 470 g/mol. The molecule has 1 N–H and O–H groups in total. The molecule has 1 unspecified atom stereocenters. The summed E-state index contributed by atoms with van der Waals surface area (Å²) < 4.78 is 13.0. The van der Waals surface area contributed by atoms with E-state index in [1.165, 1.54) is 0 Å². The molecular weight excluding hydrogens is 438 g/mol. The second-order valence-corrected chi connectivity index (χ2v) is 8.99. The highest BCUT2D eigenvalue weighted by atomic mass is 32.1. The van der Waals surface area contributed by atoms with Gasteiger partial charge in [-0.15, -0.1) is 11.3 Å². The Morgan fingerprint density at radius 1 is 1.27 bits per heavy atom. The number of methoxy groups -OCH3 is 1. The van der Waals surface area contributed by atoms with Gasteiger partial charge in [0, 0.05) is 43.9 Å². The number of nitrogens with one attached hydrogen (secondary N) is 1. The number of thiazole rings is 1. The minimum absolute atomic E-state index is 0.0396. The number of benzene rings is 1. The number of aryl methyl sites for hydroxylation is 2. The van der Waals surface area contributed by atoms with Crippen LogP contribution in [0.1, 0.15) is 25.1 Å². The van der Waals surface area contributed by atoms with Crippen molar-refractivity contribution in [2.24, 2.45) is 7.05 Å². The van der Waals surface area contributed by atoms with Crippen LogP contribution in [-0.4, -0.2) is 53.5 Å². The maximum atomic E-state index is 13.5. The third kappa shape index (κ3) is 4.60. The summed E-state index contributed by atoms with van der Waals surface area (Å²) in [5.41, 5.74) is 3.14. The number of aromatic nitrogens is 3. The first kappa shape index (κ1) is 23.3. The third-order valence-corrected chi connectivity index (χ3v) is 6.87. The quantitative estimate of drug-likeness (QED) is 0.541. The summed E-state index contributed by atoms with van der Waals surface area (Å²) in [5, 5.41) is 6.44. The van der Waals surface area contributed by atoms with Crippen molar-refractivity contribution in [3.8, 4) is 17.1 Å². The summed E-state index contributed by atoms with van der Waals surface area (Å²) in [5.74, 6) is 1.43. The van der Waals surface area contributed by atoms with Gasteiger partial charge in [0.15, 0.2) is 5.13 Å². The standard InChI is InChI=1S/C24H31N5O3S/c1-6-18-21(26-19-13-29(14-20(19)32-7-2)24-25-10-11-33-24)23(30)28(4)22(27-18)17-9-8-16(31-5)12-15(17)3/h8-12,19-20,26H,6-7,13-14H2,1-5H3/t19?,20-/m0/s1. The van der Waals surface area contributed by atoms with E-state index in [1.807, 2.05) is 50.5 Å². The lowest BCUT2D eigenvalue weighted by molar-refractivity contribution is 0.0720. The highest BCUT2D eigenvalue weighted by molar-refractivity contribution is 7.13. The zero-order valence-electron chi connectivity index (χ0n) is 19.8. The fourth-order valence-corrected chi connectivity index (χ4v) is 4.97. The van der Waals surface area contributed by atoms with Crippen LogP contribution < -0.4 is 20.5 Å². The van der Waals surface area contributed by atoms with Gasteiger partial charge < -0.3 is 19.7 Å². The van der Waals surface area contributed by atoms with Gasteiger partial charge in [0.1, 0.15) is 17.3 Å². The van der Waals surface area contributed by atoms with Crippen molar-refractivity contribution in [2.45, 2.75) is 39.3 Å². The highest BCUT2D eigenvalue weighted by Crippen LogP contribution is 2.28. The molecule has 0 saturated carbocycles. The molecule has 3 heterocycles. The summed E-state index contributed by atoms with van der Waals surface area (Å²) in [6.45, 7) is 8.07. The molecule has 176 valence electrons. The molecule has 0 amide bonds. The molecular formula is C24H31N5O3S. The molecule has 1 aliphatic heterocycles. The molecule has 1 fully saturated rings. The predicted molar refractivity (Wildman–Crippen MR) is 133 cm³/mol. The predicted octanol–water partition coefficient (Wildman–Crippen LogP) is 3.49. The zero-order valence-corrected chi connectivity index (χ0v) is 20.6. The minimum Gasteiger partial charge on any atom is -0.497 e. The molecule has 8 nitrogen and oxygen atoms in total. The van der Waals surface area contributed by atoms with E-state index in [0.29, 0.717) is 31.1 Å². The lowest BCUT2D eigenvalue weighted by Gasteiger charge is -2.22. The number of nitrogens with zero attached hydrogens (tertiary/aromatic N) is 4. The van der Waals surface area contributed by atoms with Crippen LogP contribution in [0, 0.1) is 6.92 Å². The van der Waals surface area contributed by atoms with Gasteiger partial charge in [0.2, 0.25) is 0 Å². The Hall–Kier alpha value is -2.91. The second-order valence-electron chi connectivity index (χ2n) is 8.12. The van der Waals surface area contributed by atoms with Crippen LogP contribution in [0.15, 0.2) is 34.6 Å². The molecule has 0 spiro atoms. The van der Waals surface area contributed by atoms with Gasteiger partial charge in [-0.3, -0.25) is 9.36 Å². The van der Waals surface area contributed by atoms with Crippen molar-refractivity contribution >= 4 is 22.2 Å². The first-order valence-electron chi connectivity index (χ1n) is 11.2. The van der Waals surface area contributed by atoms with Crippen molar-refractivity contribution < 1.29 is 9.47 Å². The van der Waals surface area contributed by atoms with Crippen LogP contribution in [-0.2, 0) is 18.2 Å². The van der Waals surface area contributed by atoms with Crippen LogP contribution in [0.3, 0.4) is 0 Å². The Morgan fingerprint density at radius 3 is 2.73 bits per heavy atom. The van der Waals surface area contributed by atoms with Crippen LogP contribution in [0.2, 0.25) is 0 Å². The van der Waals surface area contributed by atoms with E-state index in [1.54, 1.807) is 30.1 Å². The molecule has 0 aliphatic carbocycles. The van der Waals surface area contributed by atoms with Crippen LogP contribution in [0.5, 0.6) is 5.75 Å². The van der Waals surface area contributed by atoms with Gasteiger partial charge in [-0.1, -0.05) is 6.92 Å². The number of hydrogen-bond donors (Lipinski definition) is 1. The van der Waals surface area contributed by atoms with E-state index < -0.39 is 0 Å². The van der Waals surface area contributed by atoms with Gasteiger partial charge in [0.05, 0.1) is 24.9 Å². The first-order valence-corrected chi connectivity index (χ1v) is 12.1. The normalized spacial score (nSPS) is 18.0. The molecule has 1 saturated heterocycles. The van der Waals surface area contributed by atoms with E-state index in [0.717, 1.165) is 34.2 Å². The van der Waals surface area contributed by atoms with Crippen molar-refractivity contribution in [1.82, 2.24) is 14.5 Å². The molecule has 33 heavy (non-hydrogen) atoms. The summed E-state index contributed by atoms with van der Waals surface area (Å²) in [6, 6.07) is 5.76. The maximum Gasteiger partial charge on any atom is 0.277 e. The zero-order chi connectivity index (χ0) is 23.5. The van der Waals surface area contributed by atoms with Crippen molar-refractivity contribution in [1.29, 1.82) is 0 Å². The number of ether oxygens (including phenoxy) is 2. The second kappa shape index (κ2) is 9.93. The minimum atomic E-state index is -0.0879. The maximum absolute atomic E-state index is 13.5. The van der Waals surface area contributed by atoms with E-state index in [4.69, 9.17) is 14.5 Å². The van der Waals surface area contributed by atoms with Crippen molar-refractivity contribution in [3.05, 3.63) is 51.4 Å².